The highest BCUT2D eigenvalue weighted by molar-refractivity contribution is 5.78. The van der Waals surface area contributed by atoms with Gasteiger partial charge in [-0.05, 0) is 75.6 Å². The standard InChI is InChI=1S/C24H35NO3/c1-2-21(26)16-19-8-6-18(7-9-19)10-13-25-14-11-20(12-15-25)22-4-3-5-23-24(22)28-17-27-23/h3-5,18-20H,2,6-17H2,1H3. The number of piperidine rings is 1. The maximum atomic E-state index is 11.7. The largest absolute Gasteiger partial charge is 0.454 e. The molecule has 0 aromatic heterocycles. The monoisotopic (exact) mass is 385 g/mol. The lowest BCUT2D eigenvalue weighted by Gasteiger charge is -2.34. The lowest BCUT2D eigenvalue weighted by molar-refractivity contribution is -0.119. The molecule has 0 N–H and O–H groups in total. The average Bonchev–Trinajstić information content (AvgIpc) is 3.22. The molecule has 0 spiro atoms. The number of ether oxygens (including phenoxy) is 2. The summed E-state index contributed by atoms with van der Waals surface area (Å²) in [5, 5.41) is 0. The number of carbonyl (C=O) groups is 1. The number of hydrogen-bond donors (Lipinski definition) is 0. The van der Waals surface area contributed by atoms with Crippen LogP contribution in [-0.2, 0) is 4.79 Å². The Labute approximate surface area is 169 Å². The van der Waals surface area contributed by atoms with Gasteiger partial charge in [0.25, 0.3) is 0 Å². The first-order chi connectivity index (χ1) is 13.7. The second-order valence-corrected chi connectivity index (χ2v) is 8.97. The van der Waals surface area contributed by atoms with E-state index in [2.05, 4.69) is 17.0 Å². The zero-order chi connectivity index (χ0) is 19.3. The second kappa shape index (κ2) is 9.30. The van der Waals surface area contributed by atoms with Crippen LogP contribution in [0.4, 0.5) is 0 Å². The van der Waals surface area contributed by atoms with Gasteiger partial charge in [-0.3, -0.25) is 4.79 Å². The molecule has 3 aliphatic rings. The molecule has 0 bridgehead atoms. The number of carbonyl (C=O) groups excluding carboxylic acids is 1. The molecule has 1 saturated heterocycles. The van der Waals surface area contributed by atoms with Crippen LogP contribution in [0.3, 0.4) is 0 Å². The minimum atomic E-state index is 0.361. The summed E-state index contributed by atoms with van der Waals surface area (Å²) in [6.07, 6.45) is 10.5. The van der Waals surface area contributed by atoms with Gasteiger partial charge in [0.2, 0.25) is 6.79 Å². The van der Waals surface area contributed by atoms with Gasteiger partial charge in [0.1, 0.15) is 5.78 Å². The number of nitrogens with zero attached hydrogens (tertiary/aromatic N) is 1. The minimum absolute atomic E-state index is 0.361. The Balaban J connectivity index is 1.18. The van der Waals surface area contributed by atoms with Gasteiger partial charge >= 0.3 is 0 Å². The van der Waals surface area contributed by atoms with Crippen molar-refractivity contribution in [3.05, 3.63) is 23.8 Å². The molecule has 0 amide bonds. The highest BCUT2D eigenvalue weighted by atomic mass is 16.7. The number of benzene rings is 1. The Kier molecular flexibility index (Phi) is 6.56. The van der Waals surface area contributed by atoms with Crippen LogP contribution < -0.4 is 9.47 Å². The molecule has 0 unspecified atom stereocenters. The van der Waals surface area contributed by atoms with E-state index in [1.54, 1.807) is 0 Å². The Morgan fingerprint density at radius 3 is 2.54 bits per heavy atom. The van der Waals surface area contributed by atoms with Gasteiger partial charge in [0, 0.05) is 18.4 Å². The molecule has 1 aromatic carbocycles. The summed E-state index contributed by atoms with van der Waals surface area (Å²) >= 11 is 0. The highest BCUT2D eigenvalue weighted by Crippen LogP contribution is 2.42. The zero-order valence-electron chi connectivity index (χ0n) is 17.3. The molecule has 4 heteroatoms. The summed E-state index contributed by atoms with van der Waals surface area (Å²) in [6.45, 7) is 5.97. The normalized spacial score (nSPS) is 25.8. The van der Waals surface area contributed by atoms with Gasteiger partial charge in [0.05, 0.1) is 0 Å². The van der Waals surface area contributed by atoms with Crippen LogP contribution >= 0.6 is 0 Å². The van der Waals surface area contributed by atoms with E-state index in [1.807, 2.05) is 13.0 Å². The van der Waals surface area contributed by atoms with Crippen LogP contribution in [-0.4, -0.2) is 37.1 Å². The summed E-state index contributed by atoms with van der Waals surface area (Å²) in [5.41, 5.74) is 1.34. The molecule has 154 valence electrons. The number of para-hydroxylation sites is 1. The van der Waals surface area contributed by atoms with E-state index < -0.39 is 0 Å². The lowest BCUT2D eigenvalue weighted by atomic mass is 9.78. The lowest BCUT2D eigenvalue weighted by Crippen LogP contribution is -2.34. The molecule has 1 aromatic rings. The van der Waals surface area contributed by atoms with Crippen molar-refractivity contribution in [2.24, 2.45) is 11.8 Å². The van der Waals surface area contributed by atoms with Gasteiger partial charge in [-0.25, -0.2) is 0 Å². The molecule has 0 atom stereocenters. The fourth-order valence-corrected chi connectivity index (χ4v) is 5.30. The van der Waals surface area contributed by atoms with Crippen LogP contribution in [0, 0.1) is 11.8 Å². The first-order valence-corrected chi connectivity index (χ1v) is 11.4. The third-order valence-electron chi connectivity index (χ3n) is 7.19. The summed E-state index contributed by atoms with van der Waals surface area (Å²) in [7, 11) is 0. The van der Waals surface area contributed by atoms with Crippen molar-refractivity contribution >= 4 is 5.78 Å². The quantitative estimate of drug-likeness (QED) is 0.650. The third-order valence-corrected chi connectivity index (χ3v) is 7.19. The van der Waals surface area contributed by atoms with E-state index in [0.29, 0.717) is 30.8 Å². The number of Topliss-reactive ketones (excluding diaryl/α,β-unsaturated/α-hetero) is 1. The number of rotatable bonds is 7. The minimum Gasteiger partial charge on any atom is -0.454 e. The number of hydrogen-bond acceptors (Lipinski definition) is 4. The van der Waals surface area contributed by atoms with Crippen LogP contribution in [0.5, 0.6) is 11.5 Å². The number of likely N-dealkylation sites (tertiary alicyclic amines) is 1. The molecule has 2 fully saturated rings. The van der Waals surface area contributed by atoms with Crippen LogP contribution in [0.25, 0.3) is 0 Å². The summed E-state index contributed by atoms with van der Waals surface area (Å²) < 4.78 is 11.3. The molecular weight excluding hydrogens is 350 g/mol. The predicted molar refractivity (Wildman–Crippen MR) is 111 cm³/mol. The van der Waals surface area contributed by atoms with E-state index in [9.17, 15) is 4.79 Å². The third kappa shape index (κ3) is 4.71. The Morgan fingerprint density at radius 1 is 1.04 bits per heavy atom. The Bertz CT molecular complexity index is 658. The number of ketones is 1. The van der Waals surface area contributed by atoms with Crippen molar-refractivity contribution in [2.75, 3.05) is 26.4 Å². The SMILES string of the molecule is CCC(=O)CC1CCC(CCN2CCC(c3cccc4c3OCO4)CC2)CC1. The fraction of sp³-hybridized carbons (Fsp3) is 0.708. The van der Waals surface area contributed by atoms with Crippen molar-refractivity contribution in [1.82, 2.24) is 4.90 Å². The summed E-state index contributed by atoms with van der Waals surface area (Å²) in [5.74, 6) is 4.48. The van der Waals surface area contributed by atoms with Gasteiger partial charge < -0.3 is 14.4 Å². The van der Waals surface area contributed by atoms with Crippen molar-refractivity contribution in [3.63, 3.8) is 0 Å². The van der Waals surface area contributed by atoms with E-state index in [0.717, 1.165) is 23.8 Å². The molecular formula is C24H35NO3. The molecule has 2 aliphatic heterocycles. The van der Waals surface area contributed by atoms with E-state index in [1.165, 1.54) is 70.1 Å². The van der Waals surface area contributed by atoms with Gasteiger partial charge in [-0.15, -0.1) is 0 Å². The van der Waals surface area contributed by atoms with Gasteiger partial charge in [0.15, 0.2) is 11.5 Å². The van der Waals surface area contributed by atoms with Crippen LogP contribution in [0.2, 0.25) is 0 Å². The zero-order valence-corrected chi connectivity index (χ0v) is 17.3. The van der Waals surface area contributed by atoms with Gasteiger partial charge in [-0.2, -0.15) is 0 Å². The second-order valence-electron chi connectivity index (χ2n) is 8.97. The highest BCUT2D eigenvalue weighted by Gasteiger charge is 2.28. The van der Waals surface area contributed by atoms with Crippen LogP contribution in [0.15, 0.2) is 18.2 Å². The summed E-state index contributed by atoms with van der Waals surface area (Å²) in [6, 6.07) is 6.32. The van der Waals surface area contributed by atoms with Crippen molar-refractivity contribution < 1.29 is 14.3 Å². The molecule has 4 nitrogen and oxygen atoms in total. The Morgan fingerprint density at radius 2 is 1.79 bits per heavy atom. The molecule has 2 heterocycles. The van der Waals surface area contributed by atoms with Crippen molar-refractivity contribution in [3.8, 4) is 11.5 Å². The number of fused-ring (bicyclic) bond motifs is 1. The van der Waals surface area contributed by atoms with E-state index >= 15 is 0 Å². The fourth-order valence-electron chi connectivity index (χ4n) is 5.30. The molecule has 28 heavy (non-hydrogen) atoms. The predicted octanol–water partition coefficient (Wildman–Crippen LogP) is 5.16. The molecule has 1 saturated carbocycles. The maximum Gasteiger partial charge on any atom is 0.231 e. The van der Waals surface area contributed by atoms with Crippen LogP contribution in [0.1, 0.15) is 76.2 Å². The first-order valence-electron chi connectivity index (χ1n) is 11.4. The van der Waals surface area contributed by atoms with E-state index in [-0.39, 0.29) is 0 Å². The van der Waals surface area contributed by atoms with E-state index in [4.69, 9.17) is 9.47 Å². The van der Waals surface area contributed by atoms with Crippen molar-refractivity contribution in [1.29, 1.82) is 0 Å². The van der Waals surface area contributed by atoms with Gasteiger partial charge in [-0.1, -0.05) is 31.9 Å². The summed E-state index contributed by atoms with van der Waals surface area (Å²) in [4.78, 5) is 14.3. The molecule has 0 radical (unpaired) electrons. The van der Waals surface area contributed by atoms with Crippen molar-refractivity contribution in [2.45, 2.75) is 70.6 Å². The average molecular weight is 386 g/mol. The maximum absolute atomic E-state index is 11.7. The first kappa shape index (κ1) is 19.8. The Hall–Kier alpha value is -1.55. The topological polar surface area (TPSA) is 38.8 Å². The molecule has 1 aliphatic carbocycles. The smallest absolute Gasteiger partial charge is 0.231 e. The molecule has 4 rings (SSSR count).